The standard InChI is InChI=1S/C20H19BrN4O4/c1-25-18(19(22)26)15(10-23-25)24-20(27)12-7-8-16(28-2)13(9-12)11-29-17-6-4-3-5-14(17)21/h3-10H,11H2,1-2H3,(H2,22,26)(H,24,27). The van der Waals surface area contributed by atoms with Crippen molar-refractivity contribution in [2.75, 3.05) is 12.4 Å². The number of halogens is 1. The second-order valence-electron chi connectivity index (χ2n) is 6.09. The highest BCUT2D eigenvalue weighted by Gasteiger charge is 2.18. The van der Waals surface area contributed by atoms with Gasteiger partial charge >= 0.3 is 0 Å². The van der Waals surface area contributed by atoms with Gasteiger partial charge < -0.3 is 20.5 Å². The number of primary amides is 1. The van der Waals surface area contributed by atoms with E-state index in [1.165, 1.54) is 10.9 Å². The fraction of sp³-hybridized carbons (Fsp3) is 0.150. The molecular weight excluding hydrogens is 440 g/mol. The summed E-state index contributed by atoms with van der Waals surface area (Å²) in [4.78, 5) is 24.3. The van der Waals surface area contributed by atoms with Crippen LogP contribution in [0, 0.1) is 0 Å². The van der Waals surface area contributed by atoms with Crippen molar-refractivity contribution in [3.63, 3.8) is 0 Å². The van der Waals surface area contributed by atoms with Crippen LogP contribution in [0.2, 0.25) is 0 Å². The van der Waals surface area contributed by atoms with E-state index in [-0.39, 0.29) is 18.0 Å². The SMILES string of the molecule is COc1ccc(C(=O)Nc2cnn(C)c2C(N)=O)cc1COc1ccccc1Br. The van der Waals surface area contributed by atoms with Gasteiger partial charge in [0.2, 0.25) is 0 Å². The van der Waals surface area contributed by atoms with Gasteiger partial charge in [0.05, 0.1) is 23.5 Å². The number of carbonyl (C=O) groups excluding carboxylic acids is 2. The van der Waals surface area contributed by atoms with Gasteiger partial charge in [0.15, 0.2) is 0 Å². The third kappa shape index (κ3) is 4.57. The summed E-state index contributed by atoms with van der Waals surface area (Å²) in [6, 6.07) is 12.4. The number of nitrogens with two attached hydrogens (primary N) is 1. The molecule has 3 aromatic rings. The van der Waals surface area contributed by atoms with Crippen LogP contribution in [0.4, 0.5) is 5.69 Å². The van der Waals surface area contributed by atoms with Crippen molar-refractivity contribution in [2.24, 2.45) is 12.8 Å². The number of methoxy groups -OCH3 is 1. The Bertz CT molecular complexity index is 1060. The summed E-state index contributed by atoms with van der Waals surface area (Å²) in [5.74, 6) is 0.168. The normalized spacial score (nSPS) is 10.4. The molecule has 2 aromatic carbocycles. The minimum absolute atomic E-state index is 0.115. The van der Waals surface area contributed by atoms with Gasteiger partial charge in [0.1, 0.15) is 23.8 Å². The van der Waals surface area contributed by atoms with Gasteiger partial charge in [-0.05, 0) is 46.3 Å². The molecule has 29 heavy (non-hydrogen) atoms. The van der Waals surface area contributed by atoms with Crippen LogP contribution >= 0.6 is 15.9 Å². The monoisotopic (exact) mass is 458 g/mol. The van der Waals surface area contributed by atoms with E-state index in [4.69, 9.17) is 15.2 Å². The molecular formula is C20H19BrN4O4. The van der Waals surface area contributed by atoms with Crippen LogP contribution in [0.25, 0.3) is 0 Å². The fourth-order valence-corrected chi connectivity index (χ4v) is 3.16. The Morgan fingerprint density at radius 3 is 2.66 bits per heavy atom. The van der Waals surface area contributed by atoms with E-state index in [2.05, 4.69) is 26.3 Å². The quantitative estimate of drug-likeness (QED) is 0.565. The first-order valence-electron chi connectivity index (χ1n) is 8.58. The van der Waals surface area contributed by atoms with Gasteiger partial charge in [0, 0.05) is 18.2 Å². The van der Waals surface area contributed by atoms with Crippen molar-refractivity contribution in [1.29, 1.82) is 0 Å². The smallest absolute Gasteiger partial charge is 0.269 e. The summed E-state index contributed by atoms with van der Waals surface area (Å²) in [6.45, 7) is 0.201. The molecule has 1 heterocycles. The molecule has 0 bridgehead atoms. The van der Waals surface area contributed by atoms with Gasteiger partial charge in [-0.1, -0.05) is 12.1 Å². The zero-order valence-electron chi connectivity index (χ0n) is 15.8. The van der Waals surface area contributed by atoms with Gasteiger partial charge in [-0.15, -0.1) is 0 Å². The van der Waals surface area contributed by atoms with Crippen molar-refractivity contribution in [3.05, 3.63) is 70.0 Å². The molecule has 0 spiro atoms. The van der Waals surface area contributed by atoms with Crippen LogP contribution in [-0.2, 0) is 13.7 Å². The summed E-state index contributed by atoms with van der Waals surface area (Å²) >= 11 is 3.43. The average Bonchev–Trinajstić information content (AvgIpc) is 3.07. The second-order valence-corrected chi connectivity index (χ2v) is 6.95. The molecule has 0 fully saturated rings. The number of para-hydroxylation sites is 1. The Hall–Kier alpha value is -3.33. The van der Waals surface area contributed by atoms with E-state index >= 15 is 0 Å². The lowest BCUT2D eigenvalue weighted by molar-refractivity contribution is 0.0992. The number of anilines is 1. The maximum absolute atomic E-state index is 12.7. The first-order valence-corrected chi connectivity index (χ1v) is 9.37. The molecule has 2 amide bonds. The van der Waals surface area contributed by atoms with Crippen molar-refractivity contribution in [1.82, 2.24) is 9.78 Å². The number of carbonyl (C=O) groups is 2. The molecule has 0 atom stereocenters. The highest BCUT2D eigenvalue weighted by molar-refractivity contribution is 9.10. The van der Waals surface area contributed by atoms with Crippen LogP contribution in [0.3, 0.4) is 0 Å². The Morgan fingerprint density at radius 2 is 1.97 bits per heavy atom. The third-order valence-electron chi connectivity index (χ3n) is 4.18. The average molecular weight is 459 g/mol. The Balaban J connectivity index is 1.81. The van der Waals surface area contributed by atoms with E-state index in [1.54, 1.807) is 32.4 Å². The predicted octanol–water partition coefficient (Wildman–Crippen LogP) is 3.12. The largest absolute Gasteiger partial charge is 0.496 e. The Kier molecular flexibility index (Phi) is 6.18. The topological polar surface area (TPSA) is 108 Å². The van der Waals surface area contributed by atoms with E-state index in [0.29, 0.717) is 22.6 Å². The molecule has 0 unspecified atom stereocenters. The molecule has 9 heteroatoms. The van der Waals surface area contributed by atoms with Crippen LogP contribution in [-0.4, -0.2) is 28.7 Å². The molecule has 1 aromatic heterocycles. The van der Waals surface area contributed by atoms with Gasteiger partial charge in [-0.2, -0.15) is 5.10 Å². The number of aromatic nitrogens is 2. The van der Waals surface area contributed by atoms with Crippen molar-refractivity contribution < 1.29 is 19.1 Å². The zero-order chi connectivity index (χ0) is 21.0. The Labute approximate surface area is 175 Å². The fourth-order valence-electron chi connectivity index (χ4n) is 2.77. The predicted molar refractivity (Wildman–Crippen MR) is 111 cm³/mol. The van der Waals surface area contributed by atoms with Crippen molar-refractivity contribution in [3.8, 4) is 11.5 Å². The van der Waals surface area contributed by atoms with E-state index in [0.717, 1.165) is 4.47 Å². The highest BCUT2D eigenvalue weighted by Crippen LogP contribution is 2.27. The number of hydrogen-bond acceptors (Lipinski definition) is 5. The highest BCUT2D eigenvalue weighted by atomic mass is 79.9. The lowest BCUT2D eigenvalue weighted by Crippen LogP contribution is -2.20. The van der Waals surface area contributed by atoms with Crippen molar-refractivity contribution >= 4 is 33.4 Å². The number of nitrogens with zero attached hydrogens (tertiary/aromatic N) is 2. The number of hydrogen-bond donors (Lipinski definition) is 2. The number of ether oxygens (including phenoxy) is 2. The molecule has 3 rings (SSSR count). The van der Waals surface area contributed by atoms with Crippen LogP contribution < -0.4 is 20.5 Å². The maximum Gasteiger partial charge on any atom is 0.269 e. The second kappa shape index (κ2) is 8.78. The lowest BCUT2D eigenvalue weighted by Gasteiger charge is -2.13. The molecule has 0 radical (unpaired) electrons. The summed E-state index contributed by atoms with van der Waals surface area (Å²) in [5.41, 5.74) is 6.78. The van der Waals surface area contributed by atoms with Gasteiger partial charge in [0.25, 0.3) is 11.8 Å². The first kappa shape index (κ1) is 20.4. The summed E-state index contributed by atoms with van der Waals surface area (Å²) < 4.78 is 13.3. The van der Waals surface area contributed by atoms with Gasteiger partial charge in [-0.25, -0.2) is 0 Å². The molecule has 3 N–H and O–H groups in total. The van der Waals surface area contributed by atoms with Gasteiger partial charge in [-0.3, -0.25) is 14.3 Å². The zero-order valence-corrected chi connectivity index (χ0v) is 17.4. The van der Waals surface area contributed by atoms with E-state index in [1.807, 2.05) is 24.3 Å². The lowest BCUT2D eigenvalue weighted by atomic mass is 10.1. The Morgan fingerprint density at radius 1 is 1.21 bits per heavy atom. The summed E-state index contributed by atoms with van der Waals surface area (Å²) in [7, 11) is 3.12. The minimum atomic E-state index is -0.683. The number of benzene rings is 2. The van der Waals surface area contributed by atoms with E-state index in [9.17, 15) is 9.59 Å². The first-order chi connectivity index (χ1) is 13.9. The maximum atomic E-state index is 12.7. The van der Waals surface area contributed by atoms with Crippen molar-refractivity contribution in [2.45, 2.75) is 6.61 Å². The van der Waals surface area contributed by atoms with Crippen LogP contribution in [0.1, 0.15) is 26.4 Å². The third-order valence-corrected chi connectivity index (χ3v) is 4.84. The molecule has 0 aliphatic heterocycles. The number of amides is 2. The summed E-state index contributed by atoms with van der Waals surface area (Å²) in [5, 5.41) is 6.62. The number of nitrogens with one attached hydrogen (secondary N) is 1. The molecule has 150 valence electrons. The number of aryl methyl sites for hydroxylation is 1. The number of rotatable bonds is 7. The summed E-state index contributed by atoms with van der Waals surface area (Å²) in [6.07, 6.45) is 1.37. The molecule has 8 nitrogen and oxygen atoms in total. The van der Waals surface area contributed by atoms with Crippen LogP contribution in [0.5, 0.6) is 11.5 Å². The molecule has 0 aliphatic carbocycles. The molecule has 0 aliphatic rings. The molecule has 0 saturated carbocycles. The van der Waals surface area contributed by atoms with Crippen LogP contribution in [0.15, 0.2) is 53.1 Å². The van der Waals surface area contributed by atoms with E-state index < -0.39 is 11.8 Å². The minimum Gasteiger partial charge on any atom is -0.496 e. The molecule has 0 saturated heterocycles.